The largest absolute Gasteiger partial charge is 0.386 e. The second-order valence-electron chi connectivity index (χ2n) is 4.57. The highest BCUT2D eigenvalue weighted by Crippen LogP contribution is 2.45. The van der Waals surface area contributed by atoms with Gasteiger partial charge in [0.2, 0.25) is 5.95 Å². The number of aryl methyl sites for hydroxylation is 1. The van der Waals surface area contributed by atoms with Crippen LogP contribution in [0.25, 0.3) is 0 Å². The Labute approximate surface area is 83.2 Å². The molecule has 1 aliphatic heterocycles. The van der Waals surface area contributed by atoms with E-state index in [0.717, 1.165) is 19.0 Å². The topological polar surface area (TPSA) is 41.3 Å². The maximum Gasteiger partial charge on any atom is 0.205 e. The molecule has 0 aromatic carbocycles. The molecule has 0 amide bonds. The van der Waals surface area contributed by atoms with Crippen molar-refractivity contribution in [1.82, 2.24) is 9.55 Å². The molecule has 1 saturated carbocycles. The normalized spacial score (nSPS) is 24.9. The van der Waals surface area contributed by atoms with E-state index in [9.17, 15) is 5.11 Å². The maximum absolute atomic E-state index is 10.1. The summed E-state index contributed by atoms with van der Waals surface area (Å²) < 4.78 is 1.99. The first-order valence-electron chi connectivity index (χ1n) is 5.14. The van der Waals surface area contributed by atoms with Crippen molar-refractivity contribution in [2.24, 2.45) is 13.0 Å². The van der Waals surface area contributed by atoms with Gasteiger partial charge in [-0.05, 0) is 18.8 Å². The molecule has 4 nitrogen and oxygen atoms in total. The minimum atomic E-state index is -0.411. The molecule has 2 fully saturated rings. The van der Waals surface area contributed by atoms with Crippen LogP contribution in [0.15, 0.2) is 12.4 Å². The van der Waals surface area contributed by atoms with E-state index < -0.39 is 5.60 Å². The Morgan fingerprint density at radius 3 is 2.71 bits per heavy atom. The highest BCUT2D eigenvalue weighted by molar-refractivity contribution is 5.39. The Balaban J connectivity index is 1.72. The van der Waals surface area contributed by atoms with Crippen LogP contribution < -0.4 is 4.90 Å². The van der Waals surface area contributed by atoms with Crippen molar-refractivity contribution in [1.29, 1.82) is 0 Å². The van der Waals surface area contributed by atoms with Gasteiger partial charge in [0.15, 0.2) is 0 Å². The van der Waals surface area contributed by atoms with Crippen molar-refractivity contribution in [3.05, 3.63) is 12.4 Å². The maximum atomic E-state index is 10.1. The smallest absolute Gasteiger partial charge is 0.205 e. The van der Waals surface area contributed by atoms with Crippen LogP contribution in [0.2, 0.25) is 0 Å². The van der Waals surface area contributed by atoms with E-state index in [-0.39, 0.29) is 0 Å². The van der Waals surface area contributed by atoms with Crippen molar-refractivity contribution in [3.8, 4) is 0 Å². The van der Waals surface area contributed by atoms with Gasteiger partial charge in [0, 0.05) is 19.4 Å². The fraction of sp³-hybridized carbons (Fsp3) is 0.700. The summed E-state index contributed by atoms with van der Waals surface area (Å²) in [5, 5.41) is 10.1. The number of aliphatic hydroxyl groups is 1. The SMILES string of the molecule is Cn1ccnc1N1CC(O)(C2CC2)C1. The molecule has 14 heavy (non-hydrogen) atoms. The molecule has 1 aromatic rings. The van der Waals surface area contributed by atoms with E-state index in [1.54, 1.807) is 6.20 Å². The summed E-state index contributed by atoms with van der Waals surface area (Å²) in [5.41, 5.74) is -0.411. The fourth-order valence-corrected chi connectivity index (χ4v) is 2.30. The van der Waals surface area contributed by atoms with E-state index in [4.69, 9.17) is 0 Å². The molecule has 2 heterocycles. The Bertz CT molecular complexity index is 350. The Hall–Kier alpha value is -1.03. The van der Waals surface area contributed by atoms with Gasteiger partial charge in [-0.15, -0.1) is 0 Å². The van der Waals surface area contributed by atoms with Crippen LogP contribution in [0.1, 0.15) is 12.8 Å². The van der Waals surface area contributed by atoms with Crippen molar-refractivity contribution in [2.45, 2.75) is 18.4 Å². The summed E-state index contributed by atoms with van der Waals surface area (Å²) in [4.78, 5) is 6.40. The molecule has 3 rings (SSSR count). The number of hydrogen-bond acceptors (Lipinski definition) is 3. The third kappa shape index (κ3) is 1.07. The van der Waals surface area contributed by atoms with Crippen molar-refractivity contribution in [3.63, 3.8) is 0 Å². The summed E-state index contributed by atoms with van der Waals surface area (Å²) in [6.45, 7) is 1.50. The molecule has 76 valence electrons. The van der Waals surface area contributed by atoms with Crippen LogP contribution in [-0.4, -0.2) is 33.3 Å². The predicted octanol–water partition coefficient (Wildman–Crippen LogP) is 0.381. The van der Waals surface area contributed by atoms with Gasteiger partial charge in [0.25, 0.3) is 0 Å². The summed E-state index contributed by atoms with van der Waals surface area (Å²) in [6.07, 6.45) is 6.13. The average molecular weight is 193 g/mol. The Kier molecular flexibility index (Phi) is 1.49. The fourth-order valence-electron chi connectivity index (χ4n) is 2.30. The van der Waals surface area contributed by atoms with E-state index in [1.165, 1.54) is 12.8 Å². The molecule has 1 saturated heterocycles. The minimum Gasteiger partial charge on any atom is -0.386 e. The summed E-state index contributed by atoms with van der Waals surface area (Å²) in [6, 6.07) is 0. The van der Waals surface area contributed by atoms with Crippen molar-refractivity contribution >= 4 is 5.95 Å². The second kappa shape index (κ2) is 2.51. The number of rotatable bonds is 2. The first kappa shape index (κ1) is 8.29. The number of aromatic nitrogens is 2. The van der Waals surface area contributed by atoms with Crippen LogP contribution in [0, 0.1) is 5.92 Å². The van der Waals surface area contributed by atoms with E-state index in [2.05, 4.69) is 9.88 Å². The van der Waals surface area contributed by atoms with Crippen LogP contribution >= 0.6 is 0 Å². The van der Waals surface area contributed by atoms with Crippen LogP contribution in [0.3, 0.4) is 0 Å². The zero-order chi connectivity index (χ0) is 9.76. The van der Waals surface area contributed by atoms with E-state index in [0.29, 0.717) is 5.92 Å². The molecule has 0 radical (unpaired) electrons. The van der Waals surface area contributed by atoms with Gasteiger partial charge >= 0.3 is 0 Å². The molecule has 0 spiro atoms. The Morgan fingerprint density at radius 1 is 1.50 bits per heavy atom. The predicted molar refractivity (Wildman–Crippen MR) is 53.1 cm³/mol. The lowest BCUT2D eigenvalue weighted by Gasteiger charge is -2.47. The van der Waals surface area contributed by atoms with Crippen molar-refractivity contribution in [2.75, 3.05) is 18.0 Å². The number of nitrogens with zero attached hydrogens (tertiary/aromatic N) is 3. The molecule has 1 N–H and O–H groups in total. The van der Waals surface area contributed by atoms with Gasteiger partial charge in [-0.3, -0.25) is 0 Å². The quantitative estimate of drug-likeness (QED) is 0.738. The molecular formula is C10H15N3O. The van der Waals surface area contributed by atoms with Gasteiger partial charge in [-0.2, -0.15) is 0 Å². The molecule has 4 heteroatoms. The third-order valence-corrected chi connectivity index (χ3v) is 3.35. The lowest BCUT2D eigenvalue weighted by Crippen LogP contribution is -2.64. The number of imidazole rings is 1. The molecule has 1 aromatic heterocycles. The van der Waals surface area contributed by atoms with E-state index >= 15 is 0 Å². The van der Waals surface area contributed by atoms with Gasteiger partial charge < -0.3 is 14.6 Å². The first-order valence-corrected chi connectivity index (χ1v) is 5.14. The second-order valence-corrected chi connectivity index (χ2v) is 4.57. The standard InChI is InChI=1S/C10H15N3O/c1-12-5-4-11-9(12)13-6-10(14,7-13)8-2-3-8/h4-5,8,14H,2-3,6-7H2,1H3. The van der Waals surface area contributed by atoms with Gasteiger partial charge in [-0.1, -0.05) is 0 Å². The number of anilines is 1. The van der Waals surface area contributed by atoms with Crippen LogP contribution in [-0.2, 0) is 7.05 Å². The lowest BCUT2D eigenvalue weighted by molar-refractivity contribution is -0.0104. The van der Waals surface area contributed by atoms with Crippen LogP contribution in [0.5, 0.6) is 0 Å². The third-order valence-electron chi connectivity index (χ3n) is 3.35. The zero-order valence-corrected chi connectivity index (χ0v) is 8.35. The molecule has 0 atom stereocenters. The summed E-state index contributed by atoms with van der Waals surface area (Å²) in [7, 11) is 1.98. The lowest BCUT2D eigenvalue weighted by atomic mass is 9.89. The van der Waals surface area contributed by atoms with E-state index in [1.807, 2.05) is 17.8 Å². The van der Waals surface area contributed by atoms with Gasteiger partial charge in [0.05, 0.1) is 13.1 Å². The molecule has 0 bridgehead atoms. The highest BCUT2D eigenvalue weighted by Gasteiger charge is 2.52. The zero-order valence-electron chi connectivity index (χ0n) is 8.35. The monoisotopic (exact) mass is 193 g/mol. The molecule has 1 aliphatic carbocycles. The molecule has 0 unspecified atom stereocenters. The van der Waals surface area contributed by atoms with Crippen LogP contribution in [0.4, 0.5) is 5.95 Å². The minimum absolute atomic E-state index is 0.411. The summed E-state index contributed by atoms with van der Waals surface area (Å²) >= 11 is 0. The Morgan fingerprint density at radius 2 is 2.21 bits per heavy atom. The van der Waals surface area contributed by atoms with Gasteiger partial charge in [0.1, 0.15) is 5.60 Å². The molecular weight excluding hydrogens is 178 g/mol. The number of hydrogen-bond donors (Lipinski definition) is 1. The average Bonchev–Trinajstić information content (AvgIpc) is 2.86. The van der Waals surface area contributed by atoms with Crippen molar-refractivity contribution < 1.29 is 5.11 Å². The highest BCUT2D eigenvalue weighted by atomic mass is 16.3. The summed E-state index contributed by atoms with van der Waals surface area (Å²) in [5.74, 6) is 1.52. The van der Waals surface area contributed by atoms with Gasteiger partial charge in [-0.25, -0.2) is 4.98 Å². The number of β-amino-alcohol motifs (C(OH)–C–C–N with tert-alkyl or cyclic N) is 1. The first-order chi connectivity index (χ1) is 6.69. The molecule has 2 aliphatic rings.